The molecule has 1 heterocycles. The Morgan fingerprint density at radius 1 is 1.53 bits per heavy atom. The summed E-state index contributed by atoms with van der Waals surface area (Å²) in [6.45, 7) is 3.59. The van der Waals surface area contributed by atoms with E-state index in [-0.39, 0.29) is 6.10 Å². The molecule has 1 saturated heterocycles. The van der Waals surface area contributed by atoms with Gasteiger partial charge < -0.3 is 10.0 Å². The molecule has 0 bridgehead atoms. The monoisotopic (exact) mass is 253 g/mol. The molecule has 0 radical (unpaired) electrons. The van der Waals surface area contributed by atoms with E-state index < -0.39 is 0 Å². The van der Waals surface area contributed by atoms with Crippen LogP contribution in [0.5, 0.6) is 0 Å². The zero-order chi connectivity index (χ0) is 12.4. The Morgan fingerprint density at radius 3 is 2.88 bits per heavy atom. The fraction of sp³-hybridized carbons (Fsp3) is 0.462. The van der Waals surface area contributed by atoms with Crippen LogP contribution in [0.4, 0.5) is 5.69 Å². The quantitative estimate of drug-likeness (QED) is 0.823. The smallest absolute Gasteiger partial charge is 0.151 e. The number of carbonyl (C=O) groups is 1. The molecule has 17 heavy (non-hydrogen) atoms. The number of aliphatic hydroxyl groups is 1. The van der Waals surface area contributed by atoms with Crippen molar-refractivity contribution < 1.29 is 9.90 Å². The van der Waals surface area contributed by atoms with Gasteiger partial charge in [-0.25, -0.2) is 0 Å². The van der Waals surface area contributed by atoms with Crippen LogP contribution >= 0.6 is 11.6 Å². The molecule has 1 aliphatic rings. The summed E-state index contributed by atoms with van der Waals surface area (Å²) < 4.78 is 0. The van der Waals surface area contributed by atoms with E-state index in [4.69, 9.17) is 11.6 Å². The number of aldehydes is 1. The van der Waals surface area contributed by atoms with Crippen molar-refractivity contribution >= 4 is 23.6 Å². The zero-order valence-electron chi connectivity index (χ0n) is 9.77. The van der Waals surface area contributed by atoms with Crippen molar-refractivity contribution in [2.75, 3.05) is 18.0 Å². The summed E-state index contributed by atoms with van der Waals surface area (Å²) in [5, 5.41) is 10.3. The average molecular weight is 254 g/mol. The number of halogens is 1. The lowest BCUT2D eigenvalue weighted by atomic mass is 9.95. The minimum Gasteiger partial charge on any atom is -0.391 e. The number of piperidine rings is 1. The minimum absolute atomic E-state index is 0.298. The number of rotatable bonds is 2. The van der Waals surface area contributed by atoms with Crippen LogP contribution in [0, 0.1) is 5.92 Å². The first kappa shape index (κ1) is 12.4. The second-order valence-corrected chi connectivity index (χ2v) is 5.01. The van der Waals surface area contributed by atoms with E-state index in [2.05, 4.69) is 11.8 Å². The van der Waals surface area contributed by atoms with Gasteiger partial charge in [0.2, 0.25) is 0 Å². The zero-order valence-corrected chi connectivity index (χ0v) is 10.5. The molecule has 1 fully saturated rings. The lowest BCUT2D eigenvalue weighted by Crippen LogP contribution is -2.42. The third-order valence-electron chi connectivity index (χ3n) is 3.39. The summed E-state index contributed by atoms with van der Waals surface area (Å²) in [7, 11) is 0. The lowest BCUT2D eigenvalue weighted by Gasteiger charge is -2.36. The Kier molecular flexibility index (Phi) is 3.69. The first-order valence-corrected chi connectivity index (χ1v) is 6.17. The van der Waals surface area contributed by atoms with Gasteiger partial charge in [0.25, 0.3) is 0 Å². The van der Waals surface area contributed by atoms with Crippen LogP contribution in [0.2, 0.25) is 5.02 Å². The predicted molar refractivity (Wildman–Crippen MR) is 68.8 cm³/mol. The molecular weight excluding hydrogens is 238 g/mol. The van der Waals surface area contributed by atoms with E-state index in [0.29, 0.717) is 23.0 Å². The van der Waals surface area contributed by atoms with Crippen LogP contribution in [0.3, 0.4) is 0 Å². The molecule has 0 aromatic heterocycles. The van der Waals surface area contributed by atoms with E-state index >= 15 is 0 Å². The lowest BCUT2D eigenvalue weighted by molar-refractivity contribution is 0.103. The number of carbonyl (C=O) groups excluding carboxylic acids is 1. The summed E-state index contributed by atoms with van der Waals surface area (Å²) in [4.78, 5) is 12.8. The average Bonchev–Trinajstić information content (AvgIpc) is 2.32. The van der Waals surface area contributed by atoms with Gasteiger partial charge in [-0.05, 0) is 30.5 Å². The van der Waals surface area contributed by atoms with Crippen molar-refractivity contribution in [3.63, 3.8) is 0 Å². The Labute approximate surface area is 106 Å². The molecule has 1 aromatic rings. The SMILES string of the molecule is CC1CCN(c2ccc(C=O)c(Cl)c2)CC1O. The third-order valence-corrected chi connectivity index (χ3v) is 3.72. The standard InChI is InChI=1S/C13H16ClNO2/c1-9-4-5-15(7-13(9)17)11-3-2-10(8-16)12(14)6-11/h2-3,6,8-9,13,17H,4-5,7H2,1H3. The number of nitrogens with zero attached hydrogens (tertiary/aromatic N) is 1. The number of hydrogen-bond donors (Lipinski definition) is 1. The summed E-state index contributed by atoms with van der Waals surface area (Å²) in [6, 6.07) is 5.38. The number of benzene rings is 1. The fourth-order valence-corrected chi connectivity index (χ4v) is 2.31. The number of β-amino-alcohol motifs (C(OH)–C–C–N with tert-alkyl or cyclic N) is 1. The molecule has 0 aliphatic carbocycles. The highest BCUT2D eigenvalue weighted by Gasteiger charge is 2.24. The van der Waals surface area contributed by atoms with Crippen LogP contribution < -0.4 is 4.90 Å². The highest BCUT2D eigenvalue weighted by atomic mass is 35.5. The van der Waals surface area contributed by atoms with E-state index in [0.717, 1.165) is 24.9 Å². The molecule has 3 nitrogen and oxygen atoms in total. The normalized spacial score (nSPS) is 24.8. The van der Waals surface area contributed by atoms with Crippen molar-refractivity contribution in [1.82, 2.24) is 0 Å². The highest BCUT2D eigenvalue weighted by molar-refractivity contribution is 6.33. The minimum atomic E-state index is -0.298. The van der Waals surface area contributed by atoms with Crippen LogP contribution in [-0.2, 0) is 0 Å². The molecular formula is C13H16ClNO2. The van der Waals surface area contributed by atoms with Gasteiger partial charge in [-0.15, -0.1) is 0 Å². The Balaban J connectivity index is 2.18. The molecule has 0 saturated carbocycles. The van der Waals surface area contributed by atoms with Gasteiger partial charge in [0.1, 0.15) is 0 Å². The van der Waals surface area contributed by atoms with Crippen molar-refractivity contribution in [3.8, 4) is 0 Å². The molecule has 0 amide bonds. The molecule has 1 N–H and O–H groups in total. The van der Waals surface area contributed by atoms with Crippen LogP contribution in [-0.4, -0.2) is 30.6 Å². The summed E-state index contributed by atoms with van der Waals surface area (Å²) >= 11 is 5.99. The van der Waals surface area contributed by atoms with E-state index in [1.165, 1.54) is 0 Å². The van der Waals surface area contributed by atoms with Gasteiger partial charge in [-0.1, -0.05) is 18.5 Å². The first-order chi connectivity index (χ1) is 8.11. The molecule has 1 aliphatic heterocycles. The predicted octanol–water partition coefficient (Wildman–Crippen LogP) is 2.36. The maximum absolute atomic E-state index is 10.7. The molecule has 2 atom stereocenters. The number of anilines is 1. The molecule has 0 spiro atoms. The summed E-state index contributed by atoms with van der Waals surface area (Å²) in [6.07, 6.45) is 1.42. The van der Waals surface area contributed by atoms with Gasteiger partial charge in [0, 0.05) is 24.3 Å². The topological polar surface area (TPSA) is 40.5 Å². The number of hydrogen-bond acceptors (Lipinski definition) is 3. The Morgan fingerprint density at radius 2 is 2.29 bits per heavy atom. The van der Waals surface area contributed by atoms with Crippen LogP contribution in [0.25, 0.3) is 0 Å². The van der Waals surface area contributed by atoms with Crippen molar-refractivity contribution in [3.05, 3.63) is 28.8 Å². The van der Waals surface area contributed by atoms with Gasteiger partial charge in [0.05, 0.1) is 11.1 Å². The van der Waals surface area contributed by atoms with E-state index in [1.807, 2.05) is 6.07 Å². The first-order valence-electron chi connectivity index (χ1n) is 5.79. The Bertz CT molecular complexity index is 422. The van der Waals surface area contributed by atoms with Crippen LogP contribution in [0.15, 0.2) is 18.2 Å². The van der Waals surface area contributed by atoms with E-state index in [1.54, 1.807) is 12.1 Å². The van der Waals surface area contributed by atoms with Crippen molar-refractivity contribution in [2.45, 2.75) is 19.4 Å². The van der Waals surface area contributed by atoms with E-state index in [9.17, 15) is 9.90 Å². The largest absolute Gasteiger partial charge is 0.391 e. The van der Waals surface area contributed by atoms with Gasteiger partial charge in [-0.2, -0.15) is 0 Å². The van der Waals surface area contributed by atoms with Crippen molar-refractivity contribution in [2.24, 2.45) is 5.92 Å². The highest BCUT2D eigenvalue weighted by Crippen LogP contribution is 2.27. The molecule has 4 heteroatoms. The van der Waals surface area contributed by atoms with Crippen molar-refractivity contribution in [1.29, 1.82) is 0 Å². The molecule has 2 unspecified atom stereocenters. The third kappa shape index (κ3) is 2.61. The second-order valence-electron chi connectivity index (χ2n) is 4.60. The fourth-order valence-electron chi connectivity index (χ4n) is 2.09. The molecule has 1 aromatic carbocycles. The van der Waals surface area contributed by atoms with Gasteiger partial charge >= 0.3 is 0 Å². The van der Waals surface area contributed by atoms with Gasteiger partial charge in [0.15, 0.2) is 6.29 Å². The maximum atomic E-state index is 10.7. The molecule has 2 rings (SSSR count). The second kappa shape index (κ2) is 5.07. The number of aliphatic hydroxyl groups excluding tert-OH is 1. The summed E-state index contributed by atoms with van der Waals surface area (Å²) in [5.41, 5.74) is 1.47. The van der Waals surface area contributed by atoms with Gasteiger partial charge in [-0.3, -0.25) is 4.79 Å². The Hall–Kier alpha value is -1.06. The molecule has 92 valence electrons. The van der Waals surface area contributed by atoms with Crippen LogP contribution in [0.1, 0.15) is 23.7 Å². The maximum Gasteiger partial charge on any atom is 0.151 e. The summed E-state index contributed by atoms with van der Waals surface area (Å²) in [5.74, 6) is 0.343.